The molecular formula is C17H14O2S. The van der Waals surface area contributed by atoms with Gasteiger partial charge < -0.3 is 4.74 Å². The topological polar surface area (TPSA) is 26.3 Å². The Kier molecular flexibility index (Phi) is 3.52. The van der Waals surface area contributed by atoms with Crippen LogP contribution in [0, 0.1) is 0 Å². The van der Waals surface area contributed by atoms with Gasteiger partial charge in [0.15, 0.2) is 0 Å². The Labute approximate surface area is 120 Å². The van der Waals surface area contributed by atoms with Crippen LogP contribution in [0.3, 0.4) is 0 Å². The summed E-state index contributed by atoms with van der Waals surface area (Å²) in [5, 5.41) is 2.26. The van der Waals surface area contributed by atoms with Gasteiger partial charge in [0.05, 0.1) is 17.9 Å². The van der Waals surface area contributed by atoms with E-state index in [1.807, 2.05) is 60.7 Å². The SMILES string of the molecule is COc1ccc(S(=O)c2ccc3ccccc3c2)cc1. The maximum Gasteiger partial charge on any atom is 0.118 e. The lowest BCUT2D eigenvalue weighted by atomic mass is 10.1. The Morgan fingerprint density at radius 2 is 1.45 bits per heavy atom. The van der Waals surface area contributed by atoms with Crippen molar-refractivity contribution in [3.05, 3.63) is 66.7 Å². The van der Waals surface area contributed by atoms with E-state index in [0.717, 1.165) is 26.3 Å². The van der Waals surface area contributed by atoms with Crippen molar-refractivity contribution in [3.63, 3.8) is 0 Å². The molecule has 0 bridgehead atoms. The van der Waals surface area contributed by atoms with Crippen LogP contribution in [0.4, 0.5) is 0 Å². The molecule has 0 fully saturated rings. The summed E-state index contributed by atoms with van der Waals surface area (Å²) in [6.07, 6.45) is 0. The number of hydrogen-bond donors (Lipinski definition) is 0. The minimum Gasteiger partial charge on any atom is -0.497 e. The first-order valence-electron chi connectivity index (χ1n) is 6.32. The standard InChI is InChI=1S/C17H14O2S/c1-19-15-7-10-16(11-8-15)20(18)17-9-6-13-4-2-3-5-14(13)12-17/h2-12H,1H3. The molecule has 3 aromatic carbocycles. The second kappa shape index (κ2) is 5.47. The van der Waals surface area contributed by atoms with Gasteiger partial charge in [-0.1, -0.05) is 30.3 Å². The van der Waals surface area contributed by atoms with E-state index in [-0.39, 0.29) is 0 Å². The molecule has 0 saturated heterocycles. The minimum atomic E-state index is -1.17. The van der Waals surface area contributed by atoms with Crippen LogP contribution < -0.4 is 4.74 Å². The monoisotopic (exact) mass is 282 g/mol. The largest absolute Gasteiger partial charge is 0.497 e. The highest BCUT2D eigenvalue weighted by Crippen LogP contribution is 2.23. The first kappa shape index (κ1) is 12.9. The highest BCUT2D eigenvalue weighted by molar-refractivity contribution is 7.85. The highest BCUT2D eigenvalue weighted by Gasteiger charge is 2.08. The maximum absolute atomic E-state index is 12.6. The summed E-state index contributed by atoms with van der Waals surface area (Å²) < 4.78 is 17.7. The summed E-state index contributed by atoms with van der Waals surface area (Å²) >= 11 is 0. The lowest BCUT2D eigenvalue weighted by Crippen LogP contribution is -1.93. The van der Waals surface area contributed by atoms with Crippen LogP contribution in [0.15, 0.2) is 76.5 Å². The summed E-state index contributed by atoms with van der Waals surface area (Å²) in [4.78, 5) is 1.59. The van der Waals surface area contributed by atoms with Crippen molar-refractivity contribution >= 4 is 21.6 Å². The van der Waals surface area contributed by atoms with Gasteiger partial charge in [-0.2, -0.15) is 0 Å². The van der Waals surface area contributed by atoms with E-state index in [9.17, 15) is 4.21 Å². The summed E-state index contributed by atoms with van der Waals surface area (Å²) in [6, 6.07) is 21.3. The normalized spacial score (nSPS) is 12.2. The zero-order valence-electron chi connectivity index (χ0n) is 11.1. The first-order chi connectivity index (χ1) is 9.78. The Morgan fingerprint density at radius 3 is 2.15 bits per heavy atom. The average molecular weight is 282 g/mol. The van der Waals surface area contributed by atoms with E-state index >= 15 is 0 Å². The van der Waals surface area contributed by atoms with Crippen molar-refractivity contribution in [2.75, 3.05) is 7.11 Å². The zero-order chi connectivity index (χ0) is 13.9. The second-order valence-corrected chi connectivity index (χ2v) is 5.93. The van der Waals surface area contributed by atoms with Crippen LogP contribution >= 0.6 is 0 Å². The molecule has 0 amide bonds. The lowest BCUT2D eigenvalue weighted by Gasteiger charge is -2.05. The van der Waals surface area contributed by atoms with Gasteiger partial charge in [0, 0.05) is 9.79 Å². The Morgan fingerprint density at radius 1 is 0.800 bits per heavy atom. The van der Waals surface area contributed by atoms with Crippen molar-refractivity contribution in [1.29, 1.82) is 0 Å². The van der Waals surface area contributed by atoms with E-state index in [0.29, 0.717) is 0 Å². The molecule has 0 spiro atoms. The third kappa shape index (κ3) is 2.45. The molecule has 0 radical (unpaired) electrons. The number of ether oxygens (including phenoxy) is 1. The summed E-state index contributed by atoms with van der Waals surface area (Å²) in [5.74, 6) is 0.768. The third-order valence-corrected chi connectivity index (χ3v) is 4.59. The quantitative estimate of drug-likeness (QED) is 0.725. The molecule has 3 aromatic rings. The fraction of sp³-hybridized carbons (Fsp3) is 0.0588. The van der Waals surface area contributed by atoms with Gasteiger partial charge in [0.25, 0.3) is 0 Å². The molecular weight excluding hydrogens is 268 g/mol. The second-order valence-electron chi connectivity index (χ2n) is 4.45. The Balaban J connectivity index is 1.98. The molecule has 0 saturated carbocycles. The van der Waals surface area contributed by atoms with E-state index in [1.54, 1.807) is 7.11 Å². The van der Waals surface area contributed by atoms with Gasteiger partial charge >= 0.3 is 0 Å². The molecule has 0 aliphatic heterocycles. The predicted molar refractivity (Wildman–Crippen MR) is 81.6 cm³/mol. The van der Waals surface area contributed by atoms with Gasteiger partial charge in [0.2, 0.25) is 0 Å². The van der Waals surface area contributed by atoms with E-state index in [4.69, 9.17) is 4.74 Å². The van der Waals surface area contributed by atoms with Crippen LogP contribution in [-0.2, 0) is 10.8 Å². The highest BCUT2D eigenvalue weighted by atomic mass is 32.2. The van der Waals surface area contributed by atoms with E-state index < -0.39 is 10.8 Å². The average Bonchev–Trinajstić information content (AvgIpc) is 2.54. The van der Waals surface area contributed by atoms with Crippen LogP contribution in [0.25, 0.3) is 10.8 Å². The number of hydrogen-bond acceptors (Lipinski definition) is 2. The molecule has 20 heavy (non-hydrogen) atoms. The van der Waals surface area contributed by atoms with Crippen LogP contribution in [-0.4, -0.2) is 11.3 Å². The molecule has 3 rings (SSSR count). The molecule has 0 N–H and O–H groups in total. The van der Waals surface area contributed by atoms with Crippen molar-refractivity contribution in [2.24, 2.45) is 0 Å². The summed E-state index contributed by atoms with van der Waals surface area (Å²) in [6.45, 7) is 0. The molecule has 1 unspecified atom stereocenters. The van der Waals surface area contributed by atoms with Gasteiger partial charge in [-0.25, -0.2) is 4.21 Å². The molecule has 0 aliphatic rings. The smallest absolute Gasteiger partial charge is 0.118 e. The summed E-state index contributed by atoms with van der Waals surface area (Å²) in [7, 11) is 0.452. The van der Waals surface area contributed by atoms with Crippen LogP contribution in [0.5, 0.6) is 5.75 Å². The minimum absolute atomic E-state index is 0.768. The fourth-order valence-corrected chi connectivity index (χ4v) is 3.20. The summed E-state index contributed by atoms with van der Waals surface area (Å²) in [5.41, 5.74) is 0. The predicted octanol–water partition coefficient (Wildman–Crippen LogP) is 4.02. The maximum atomic E-state index is 12.6. The van der Waals surface area contributed by atoms with Gasteiger partial charge in [-0.05, 0) is 47.2 Å². The Hall–Kier alpha value is -2.13. The molecule has 0 aliphatic carbocycles. The van der Waals surface area contributed by atoms with Crippen LogP contribution in [0.2, 0.25) is 0 Å². The molecule has 3 heteroatoms. The van der Waals surface area contributed by atoms with Crippen molar-refractivity contribution in [3.8, 4) is 5.75 Å². The number of fused-ring (bicyclic) bond motifs is 1. The van der Waals surface area contributed by atoms with Crippen molar-refractivity contribution < 1.29 is 8.95 Å². The van der Waals surface area contributed by atoms with E-state index in [2.05, 4.69) is 6.07 Å². The number of methoxy groups -OCH3 is 1. The Bertz CT molecular complexity index is 763. The van der Waals surface area contributed by atoms with Gasteiger partial charge in [0.1, 0.15) is 5.75 Å². The van der Waals surface area contributed by atoms with Crippen LogP contribution in [0.1, 0.15) is 0 Å². The lowest BCUT2D eigenvalue weighted by molar-refractivity contribution is 0.414. The molecule has 1 atom stereocenters. The molecule has 0 aromatic heterocycles. The third-order valence-electron chi connectivity index (χ3n) is 3.21. The molecule has 0 heterocycles. The first-order valence-corrected chi connectivity index (χ1v) is 7.47. The van der Waals surface area contributed by atoms with Gasteiger partial charge in [-0.15, -0.1) is 0 Å². The van der Waals surface area contributed by atoms with E-state index in [1.165, 1.54) is 0 Å². The van der Waals surface area contributed by atoms with Crippen molar-refractivity contribution in [2.45, 2.75) is 9.79 Å². The van der Waals surface area contributed by atoms with Crippen molar-refractivity contribution in [1.82, 2.24) is 0 Å². The zero-order valence-corrected chi connectivity index (χ0v) is 11.9. The fourth-order valence-electron chi connectivity index (χ4n) is 2.12. The number of rotatable bonds is 3. The van der Waals surface area contributed by atoms with Gasteiger partial charge in [-0.3, -0.25) is 0 Å². The number of benzene rings is 3. The molecule has 2 nitrogen and oxygen atoms in total. The molecule has 100 valence electrons.